The molecule has 2 fully saturated rings. The first kappa shape index (κ1) is 24.7. The molecular weight excluding hydrogens is 480 g/mol. The van der Waals surface area contributed by atoms with Crippen LogP contribution in [0.2, 0.25) is 0 Å². The first-order chi connectivity index (χ1) is 17.7. The zero-order valence-corrected chi connectivity index (χ0v) is 20.6. The molecule has 1 heterocycles. The number of alkyl halides is 2. The number of nitrogen functional groups attached to an aromatic ring is 1. The second-order valence-corrected chi connectivity index (χ2v) is 9.64. The minimum Gasteiger partial charge on any atom is -0.496 e. The second kappa shape index (κ2) is 9.45. The number of nitrogens with one attached hydrogen (secondary N) is 3. The van der Waals surface area contributed by atoms with Gasteiger partial charge >= 0.3 is 0 Å². The molecular formula is C26H29F2N7O2. The van der Waals surface area contributed by atoms with E-state index >= 15 is 0 Å². The van der Waals surface area contributed by atoms with Crippen molar-refractivity contribution in [3.05, 3.63) is 47.0 Å². The van der Waals surface area contributed by atoms with Crippen LogP contribution in [0.25, 0.3) is 11.4 Å². The Morgan fingerprint density at radius 2 is 2.05 bits per heavy atom. The van der Waals surface area contributed by atoms with Crippen molar-refractivity contribution in [2.45, 2.75) is 50.0 Å². The van der Waals surface area contributed by atoms with E-state index in [2.05, 4.69) is 20.7 Å². The molecule has 0 radical (unpaired) electrons. The summed E-state index contributed by atoms with van der Waals surface area (Å²) in [6.45, 7) is 0. The van der Waals surface area contributed by atoms with Crippen LogP contribution >= 0.6 is 0 Å². The van der Waals surface area contributed by atoms with Crippen LogP contribution in [0.1, 0.15) is 59.5 Å². The number of carbonyl (C=O) groups excluding carboxylic acids is 1. The van der Waals surface area contributed by atoms with Crippen LogP contribution in [-0.2, 0) is 7.05 Å². The molecule has 1 amide bonds. The number of benzene rings is 2. The molecule has 1 atom stereocenters. The Balaban J connectivity index is 1.38. The number of halogens is 2. The molecule has 0 spiro atoms. The number of nitrogens with zero attached hydrogens (tertiary/aromatic N) is 3. The molecule has 11 heteroatoms. The lowest BCUT2D eigenvalue weighted by molar-refractivity contribution is 0.00710. The van der Waals surface area contributed by atoms with Crippen LogP contribution in [0, 0.1) is 5.41 Å². The Bertz CT molecular complexity index is 1370. The summed E-state index contributed by atoms with van der Waals surface area (Å²) in [6.07, 6.45) is 3.04. The number of ether oxygens (including phenoxy) is 1. The molecule has 0 aliphatic heterocycles. The van der Waals surface area contributed by atoms with Crippen molar-refractivity contribution in [3.63, 3.8) is 0 Å². The summed E-state index contributed by atoms with van der Waals surface area (Å²) in [5, 5.41) is 18.3. The molecule has 2 aromatic carbocycles. The molecule has 2 aliphatic carbocycles. The van der Waals surface area contributed by atoms with Crippen LogP contribution in [0.5, 0.6) is 5.75 Å². The van der Waals surface area contributed by atoms with E-state index in [0.717, 1.165) is 29.7 Å². The van der Waals surface area contributed by atoms with E-state index in [9.17, 15) is 13.6 Å². The smallest absolute Gasteiger partial charge is 0.255 e. The Morgan fingerprint density at radius 3 is 2.70 bits per heavy atom. The molecule has 194 valence electrons. The third-order valence-corrected chi connectivity index (χ3v) is 6.90. The van der Waals surface area contributed by atoms with E-state index in [0.29, 0.717) is 34.7 Å². The van der Waals surface area contributed by atoms with Crippen molar-refractivity contribution in [3.8, 4) is 17.1 Å². The van der Waals surface area contributed by atoms with Gasteiger partial charge in [-0.3, -0.25) is 4.79 Å². The second-order valence-electron chi connectivity index (χ2n) is 9.64. The highest BCUT2D eigenvalue weighted by molar-refractivity contribution is 5.97. The van der Waals surface area contributed by atoms with Crippen LogP contribution in [0.4, 0.5) is 26.1 Å². The topological polar surface area (TPSA) is 131 Å². The zero-order valence-electron chi connectivity index (χ0n) is 20.6. The van der Waals surface area contributed by atoms with Gasteiger partial charge in [-0.1, -0.05) is 6.07 Å². The Labute approximate surface area is 212 Å². The molecule has 37 heavy (non-hydrogen) atoms. The fraction of sp³-hybridized carbons (Fsp3) is 0.385. The molecule has 2 aliphatic rings. The third-order valence-electron chi connectivity index (χ3n) is 6.90. The number of hydrogen-bond acceptors (Lipinski definition) is 7. The van der Waals surface area contributed by atoms with Crippen molar-refractivity contribution in [1.29, 1.82) is 5.41 Å². The maximum absolute atomic E-state index is 13.5. The average Bonchev–Trinajstić information content (AvgIpc) is 3.56. The van der Waals surface area contributed by atoms with Crippen molar-refractivity contribution < 1.29 is 18.3 Å². The quantitative estimate of drug-likeness (QED) is 0.259. The summed E-state index contributed by atoms with van der Waals surface area (Å²) < 4.78 is 34.1. The van der Waals surface area contributed by atoms with Crippen molar-refractivity contribution in [2.24, 2.45) is 7.05 Å². The lowest BCUT2D eigenvalue weighted by Crippen LogP contribution is -2.34. The Morgan fingerprint density at radius 1 is 1.27 bits per heavy atom. The van der Waals surface area contributed by atoms with Gasteiger partial charge < -0.3 is 26.5 Å². The summed E-state index contributed by atoms with van der Waals surface area (Å²) in [5.41, 5.74) is 10.1. The van der Waals surface area contributed by atoms with Gasteiger partial charge in [0.25, 0.3) is 5.91 Å². The maximum atomic E-state index is 13.5. The van der Waals surface area contributed by atoms with E-state index in [1.165, 1.54) is 13.3 Å². The molecule has 0 bridgehead atoms. The number of carbonyl (C=O) groups is 1. The standard InChI is InChI=1S/C26H29F2N7O2/c1-35-25(32-20-8-7-19(30)18(13-29)22(20)14-3-4-14)33-23(34-35)15-5-6-17(21(11-15)37-2)24(36)31-16-9-10-26(27,28)12-16/h5-8,11,13-14,16,29H,3-4,9-10,12,30H2,1-2H3,(H,31,36)(H,32,33,34). The summed E-state index contributed by atoms with van der Waals surface area (Å²) in [5.74, 6) is -1.63. The number of aromatic nitrogens is 3. The largest absolute Gasteiger partial charge is 0.496 e. The fourth-order valence-electron chi connectivity index (χ4n) is 4.83. The predicted molar refractivity (Wildman–Crippen MR) is 137 cm³/mol. The number of amides is 1. The van der Waals surface area contributed by atoms with Crippen molar-refractivity contribution in [2.75, 3.05) is 18.2 Å². The van der Waals surface area contributed by atoms with Crippen LogP contribution in [0.15, 0.2) is 30.3 Å². The highest BCUT2D eigenvalue weighted by Crippen LogP contribution is 2.46. The van der Waals surface area contributed by atoms with Crippen molar-refractivity contribution >= 4 is 29.4 Å². The summed E-state index contributed by atoms with van der Waals surface area (Å²) in [7, 11) is 3.21. The van der Waals surface area contributed by atoms with E-state index in [4.69, 9.17) is 15.9 Å². The first-order valence-electron chi connectivity index (χ1n) is 12.2. The van der Waals surface area contributed by atoms with Gasteiger partial charge in [-0.15, -0.1) is 5.10 Å². The number of nitrogens with two attached hydrogens (primary N) is 1. The SMILES string of the molecule is COc1cc(-c2nc(Nc3ccc(N)c(C=N)c3C3CC3)n(C)n2)ccc1C(=O)NC1CCC(F)(F)C1. The van der Waals surface area contributed by atoms with E-state index in [-0.39, 0.29) is 24.8 Å². The molecule has 3 aromatic rings. The molecule has 2 saturated carbocycles. The number of hydrogen-bond donors (Lipinski definition) is 4. The minimum atomic E-state index is -2.74. The monoisotopic (exact) mass is 509 g/mol. The van der Waals surface area contributed by atoms with Gasteiger partial charge in [0.2, 0.25) is 11.9 Å². The lowest BCUT2D eigenvalue weighted by Gasteiger charge is -2.15. The summed E-state index contributed by atoms with van der Waals surface area (Å²) in [6, 6.07) is 8.03. The average molecular weight is 510 g/mol. The van der Waals surface area contributed by atoms with E-state index < -0.39 is 17.9 Å². The van der Waals surface area contributed by atoms with Crippen LogP contribution in [0.3, 0.4) is 0 Å². The van der Waals surface area contributed by atoms with Gasteiger partial charge in [0.15, 0.2) is 5.82 Å². The van der Waals surface area contributed by atoms with Gasteiger partial charge in [-0.25, -0.2) is 13.5 Å². The summed E-state index contributed by atoms with van der Waals surface area (Å²) >= 11 is 0. The van der Waals surface area contributed by atoms with Crippen molar-refractivity contribution in [1.82, 2.24) is 20.1 Å². The molecule has 5 N–H and O–H groups in total. The van der Waals surface area contributed by atoms with Crippen LogP contribution in [-0.4, -0.2) is 46.0 Å². The van der Waals surface area contributed by atoms with Gasteiger partial charge in [0.05, 0.1) is 12.7 Å². The Kier molecular flexibility index (Phi) is 6.30. The third kappa shape index (κ3) is 4.98. The van der Waals surface area contributed by atoms with Gasteiger partial charge in [0, 0.05) is 54.6 Å². The number of aryl methyl sites for hydroxylation is 1. The fourth-order valence-corrected chi connectivity index (χ4v) is 4.83. The lowest BCUT2D eigenvalue weighted by atomic mass is 10.00. The molecule has 1 unspecified atom stereocenters. The summed E-state index contributed by atoms with van der Waals surface area (Å²) in [4.78, 5) is 17.4. The van der Waals surface area contributed by atoms with Crippen LogP contribution < -0.4 is 21.1 Å². The minimum absolute atomic E-state index is 0.225. The molecule has 5 rings (SSSR count). The predicted octanol–water partition coefficient (Wildman–Crippen LogP) is 4.61. The zero-order chi connectivity index (χ0) is 26.3. The number of anilines is 3. The van der Waals surface area contributed by atoms with Gasteiger partial charge in [-0.05, 0) is 55.0 Å². The molecule has 1 aromatic heterocycles. The highest BCUT2D eigenvalue weighted by atomic mass is 19.3. The first-order valence-corrected chi connectivity index (χ1v) is 12.2. The normalized spacial score (nSPS) is 18.4. The van der Waals surface area contributed by atoms with Gasteiger partial charge in [-0.2, -0.15) is 4.98 Å². The Hall–Kier alpha value is -4.02. The molecule has 0 saturated heterocycles. The number of methoxy groups -OCH3 is 1. The highest BCUT2D eigenvalue weighted by Gasteiger charge is 2.40. The molecule has 9 nitrogen and oxygen atoms in total. The van der Waals surface area contributed by atoms with E-state index in [1.54, 1.807) is 36.0 Å². The van der Waals surface area contributed by atoms with Gasteiger partial charge in [0.1, 0.15) is 5.75 Å². The van der Waals surface area contributed by atoms with E-state index in [1.807, 2.05) is 6.07 Å². The maximum Gasteiger partial charge on any atom is 0.255 e. The number of rotatable bonds is 8.